The molecule has 3 aliphatic rings. The number of likely N-dealkylation sites (tertiary alicyclic amines) is 1. The number of thioether (sulfide) groups is 1. The molecule has 1 aliphatic carbocycles. The average Bonchev–Trinajstić information content (AvgIpc) is 1.44. The summed E-state index contributed by atoms with van der Waals surface area (Å²) in [6.45, 7) is 23.9. The third-order valence-electron chi connectivity index (χ3n) is 17.8. The molecule has 4 aromatic carbocycles. The molecule has 0 spiro atoms. The van der Waals surface area contributed by atoms with Gasteiger partial charge in [0.1, 0.15) is 53.3 Å². The highest BCUT2D eigenvalue weighted by Crippen LogP contribution is 2.36. The number of amides is 9. The number of ether oxygens (including phenoxy) is 2. The second-order valence-corrected chi connectivity index (χ2v) is 29.9. The van der Waals surface area contributed by atoms with Gasteiger partial charge < -0.3 is 45.4 Å². The molecule has 9 amide bonds. The molecule has 22 heteroatoms. The van der Waals surface area contributed by atoms with Crippen molar-refractivity contribution >= 4 is 65.3 Å². The van der Waals surface area contributed by atoms with Gasteiger partial charge in [-0.2, -0.15) is 11.8 Å². The Kier molecular flexibility index (Phi) is 23.0. The molecule has 4 N–H and O–H groups in total. The fourth-order valence-electron chi connectivity index (χ4n) is 11.9. The van der Waals surface area contributed by atoms with E-state index in [-0.39, 0.29) is 49.6 Å². The number of nitrogens with one attached hydrogen (secondary N) is 4. The number of likely N-dealkylation sites (N-methyl/N-ethyl adjacent to an activating group) is 2. The summed E-state index contributed by atoms with van der Waals surface area (Å²) >= 11 is 1.35. The molecule has 93 heavy (non-hydrogen) atoms. The average molecular weight is 1300 g/mol. The number of aryl methyl sites for hydroxylation is 1. The molecule has 0 radical (unpaired) electrons. The predicted molar refractivity (Wildman–Crippen MR) is 356 cm³/mol. The lowest BCUT2D eigenvalue weighted by atomic mass is 9.85. The summed E-state index contributed by atoms with van der Waals surface area (Å²) in [6.07, 6.45) is 2.89. The van der Waals surface area contributed by atoms with Gasteiger partial charge >= 0.3 is 12.2 Å². The Labute approximate surface area is 552 Å². The maximum atomic E-state index is 16.0. The second kappa shape index (κ2) is 29.5. The summed E-state index contributed by atoms with van der Waals surface area (Å²) < 4.78 is 26.1. The van der Waals surface area contributed by atoms with Crippen molar-refractivity contribution in [1.82, 2.24) is 45.8 Å². The van der Waals surface area contributed by atoms with E-state index in [9.17, 15) is 28.8 Å². The van der Waals surface area contributed by atoms with Crippen molar-refractivity contribution in [2.45, 2.75) is 212 Å². The van der Waals surface area contributed by atoms with Gasteiger partial charge in [-0.1, -0.05) is 99.6 Å². The van der Waals surface area contributed by atoms with Crippen LogP contribution in [-0.4, -0.2) is 163 Å². The number of nitrogens with zero attached hydrogens (tertiary/aromatic N) is 5. The van der Waals surface area contributed by atoms with E-state index in [0.29, 0.717) is 12.0 Å². The summed E-state index contributed by atoms with van der Waals surface area (Å²) in [5.41, 5.74) is 2.21. The minimum absolute atomic E-state index is 0.0108. The van der Waals surface area contributed by atoms with Gasteiger partial charge in [-0.15, -0.1) is 0 Å². The quantitative estimate of drug-likeness (QED) is 0.0687. The van der Waals surface area contributed by atoms with Crippen molar-refractivity contribution in [3.05, 3.63) is 142 Å². The summed E-state index contributed by atoms with van der Waals surface area (Å²) in [5, 5.41) is 12.1. The standard InChI is InChI=1S/C71H96FN9O11S/c1-42(51-29-22-23-31-53(51)72)79(63(86)56-37-48-26-18-19-27-49(48)40-80(56)65(88)58(71(13,14)93-17)76-60(83)44(3)78(16)67(90)92-70(10,11)12)39-45-33-35-47(36-34-45)61(84)73-50-38-55(62(85)74-54-32-24-28-46-25-20-21-30-52(46)54)81(41-50)64(87)57(68(4,5)6)75-59(82)43(2)77(15)66(89)91-69(7,8)9/h18-23,25-27,29-31,33-36,42-44,50,54-58H,24,28,32,37-41H2,1-17H3,(H,73,84)(H,74,85)(H,75,82)(H,76,83). The molecular formula is C71H96FN9O11S. The monoisotopic (exact) mass is 1300 g/mol. The first kappa shape index (κ1) is 72.4. The van der Waals surface area contributed by atoms with Gasteiger partial charge in [-0.3, -0.25) is 43.4 Å². The fraction of sp³-hybridized carbons (Fsp3) is 0.535. The van der Waals surface area contributed by atoms with Gasteiger partial charge in [0.2, 0.25) is 35.4 Å². The number of carbonyl (C=O) groups is 9. The van der Waals surface area contributed by atoms with Crippen LogP contribution >= 0.6 is 11.8 Å². The third-order valence-corrected chi connectivity index (χ3v) is 19.1. The van der Waals surface area contributed by atoms with Gasteiger partial charge in [-0.25, -0.2) is 14.0 Å². The smallest absolute Gasteiger partial charge is 0.410 e. The zero-order valence-electron chi connectivity index (χ0n) is 57.1. The number of carbonyl (C=O) groups excluding carboxylic acids is 9. The van der Waals surface area contributed by atoms with Gasteiger partial charge in [0, 0.05) is 62.1 Å². The van der Waals surface area contributed by atoms with E-state index < -0.39 is 129 Å². The Morgan fingerprint density at radius 3 is 1.73 bits per heavy atom. The van der Waals surface area contributed by atoms with Crippen molar-refractivity contribution in [3.63, 3.8) is 0 Å². The Hall–Kier alpha value is -8.01. The Morgan fingerprint density at radius 1 is 0.645 bits per heavy atom. The highest BCUT2D eigenvalue weighted by molar-refractivity contribution is 8.00. The molecule has 4 aromatic rings. The number of hydrogen-bond donors (Lipinski definition) is 4. The molecule has 0 saturated carbocycles. The van der Waals surface area contributed by atoms with E-state index in [1.165, 1.54) is 60.5 Å². The van der Waals surface area contributed by atoms with Gasteiger partial charge in [0.15, 0.2) is 0 Å². The zero-order valence-corrected chi connectivity index (χ0v) is 57.9. The van der Waals surface area contributed by atoms with E-state index >= 15 is 18.8 Å². The second-order valence-electron chi connectivity index (χ2n) is 28.5. The Morgan fingerprint density at radius 2 is 1.17 bits per heavy atom. The molecule has 2 aliphatic heterocycles. The highest BCUT2D eigenvalue weighted by atomic mass is 32.2. The lowest BCUT2D eigenvalue weighted by Gasteiger charge is -2.44. The summed E-state index contributed by atoms with van der Waals surface area (Å²) in [7, 11) is 2.88. The van der Waals surface area contributed by atoms with Gasteiger partial charge in [0.05, 0.1) is 12.1 Å². The van der Waals surface area contributed by atoms with Crippen molar-refractivity contribution < 1.29 is 57.0 Å². The molecule has 1 fully saturated rings. The number of rotatable bonds is 19. The van der Waals surface area contributed by atoms with Crippen LogP contribution in [0.15, 0.2) is 97.1 Å². The van der Waals surface area contributed by atoms with Crippen molar-refractivity contribution in [2.75, 3.05) is 26.9 Å². The van der Waals surface area contributed by atoms with Crippen LogP contribution in [0.3, 0.4) is 0 Å². The first-order valence-corrected chi connectivity index (χ1v) is 33.2. The van der Waals surface area contributed by atoms with Crippen molar-refractivity contribution in [1.29, 1.82) is 0 Å². The first-order chi connectivity index (χ1) is 43.4. The first-order valence-electron chi connectivity index (χ1n) is 32.0. The van der Waals surface area contributed by atoms with E-state index in [1.54, 1.807) is 112 Å². The van der Waals surface area contributed by atoms with Crippen LogP contribution in [-0.2, 0) is 64.2 Å². The fourth-order valence-corrected chi connectivity index (χ4v) is 12.3. The maximum Gasteiger partial charge on any atom is 0.410 e. The minimum atomic E-state index is -1.20. The van der Waals surface area contributed by atoms with E-state index in [0.717, 1.165) is 44.9 Å². The molecule has 9 atom stereocenters. The van der Waals surface area contributed by atoms with Crippen LogP contribution in [0, 0.1) is 11.2 Å². The number of fused-ring (bicyclic) bond motifs is 2. The molecule has 0 aromatic heterocycles. The Balaban J connectivity index is 1.16. The van der Waals surface area contributed by atoms with Crippen LogP contribution in [0.2, 0.25) is 0 Å². The van der Waals surface area contributed by atoms with Crippen LogP contribution in [0.1, 0.15) is 172 Å². The van der Waals surface area contributed by atoms with Crippen molar-refractivity contribution in [3.8, 4) is 0 Å². The topological polar surface area (TPSA) is 236 Å². The summed E-state index contributed by atoms with van der Waals surface area (Å²) in [5.74, 6) is -4.29. The summed E-state index contributed by atoms with van der Waals surface area (Å²) in [6, 6.07) is 19.5. The van der Waals surface area contributed by atoms with E-state index in [1.807, 2.05) is 68.6 Å². The normalized spacial score (nSPS) is 19.0. The zero-order chi connectivity index (χ0) is 68.8. The molecule has 504 valence electrons. The molecule has 1 saturated heterocycles. The maximum absolute atomic E-state index is 16.0. The van der Waals surface area contributed by atoms with Crippen LogP contribution in [0.25, 0.3) is 0 Å². The molecule has 20 nitrogen and oxygen atoms in total. The number of halogens is 1. The molecular weight excluding hydrogens is 1210 g/mol. The van der Waals surface area contributed by atoms with Crippen molar-refractivity contribution in [2.24, 2.45) is 5.41 Å². The van der Waals surface area contributed by atoms with Crippen LogP contribution in [0.5, 0.6) is 0 Å². The van der Waals surface area contributed by atoms with Gasteiger partial charge in [0.25, 0.3) is 5.91 Å². The Bertz CT molecular complexity index is 3420. The largest absolute Gasteiger partial charge is 0.444 e. The molecule has 0 bridgehead atoms. The lowest BCUT2D eigenvalue weighted by molar-refractivity contribution is -0.151. The SMILES string of the molecule is CSC(C)(C)C(NC(=O)C(C)N(C)C(=O)OC(C)(C)C)C(=O)N1Cc2ccccc2CC1C(=O)N(Cc1ccc(C(=O)NC2CC(C(=O)NC3CCCc4ccccc43)N(C(=O)C(NC(=O)C(C)N(C)C(=O)OC(C)(C)C)C(C)(C)C)C2)cc1)C(C)c1ccccc1F. The predicted octanol–water partition coefficient (Wildman–Crippen LogP) is 9.43. The van der Waals surface area contributed by atoms with Crippen LogP contribution < -0.4 is 21.3 Å². The molecule has 9 unspecified atom stereocenters. The van der Waals surface area contributed by atoms with E-state index in [4.69, 9.17) is 9.47 Å². The third kappa shape index (κ3) is 17.8. The van der Waals surface area contributed by atoms with Gasteiger partial charge in [-0.05, 0) is 160 Å². The number of hydrogen-bond acceptors (Lipinski definition) is 12. The highest BCUT2D eigenvalue weighted by Gasteiger charge is 2.49. The minimum Gasteiger partial charge on any atom is -0.444 e. The van der Waals surface area contributed by atoms with Crippen LogP contribution in [0.4, 0.5) is 14.0 Å². The molecule has 7 rings (SSSR count). The lowest BCUT2D eigenvalue weighted by Crippen LogP contribution is -2.63. The molecule has 2 heterocycles. The number of benzene rings is 4. The summed E-state index contributed by atoms with van der Waals surface area (Å²) in [4.78, 5) is 137. The van der Waals surface area contributed by atoms with E-state index in [2.05, 4.69) is 21.3 Å².